The summed E-state index contributed by atoms with van der Waals surface area (Å²) in [5.41, 5.74) is -28.8. The average molecular weight is 1800 g/mol. The van der Waals surface area contributed by atoms with Gasteiger partial charge in [0.15, 0.2) is 140 Å². The van der Waals surface area contributed by atoms with Gasteiger partial charge in [0.05, 0.1) is 78.9 Å². The quantitative estimate of drug-likeness (QED) is 0.0525. The summed E-state index contributed by atoms with van der Waals surface area (Å²) >= 11 is 0. The second kappa shape index (κ2) is 30.7. The maximum Gasteiger partial charge on any atom is 0.200 e. The lowest BCUT2D eigenvalue weighted by atomic mass is 10.0. The molecule has 0 atom stereocenters. The van der Waals surface area contributed by atoms with Crippen molar-refractivity contribution in [3.05, 3.63) is 328 Å². The Hall–Kier alpha value is -15.6. The Labute approximate surface area is 690 Å². The SMILES string of the molecule is Fc1c(F)c(F)c(-c2c3nc(c(-c4c(F)c(F)c(F)c(F)c4F)[13c]4ccc([nH]4)c(-c4ccc(C#Cc5ccc(-c6c7n[13c](c(-c8c(F)c(F)c(F)c(F)c8F)c8ccc([nH]8)c(-c8c(F)c(F)c(F)c(F)c8F)c8nc(c(-c9c(F)c(F)c(F)c(F)c9F)[13c]9ccc6[nH]9)C=C8)C=C7)cc5)cc4)c4n[13c](c(-c5c(F)c(F)c(F)c(F)c5F)c5ccc2[nH]5)C=C4)C=C3)c(F)c1F. The van der Waals surface area contributed by atoms with Crippen LogP contribution in [0.5, 0.6) is 0 Å². The molecule has 0 saturated heterocycles. The maximum absolute atomic E-state index is 16.4. The number of fused-ring (bicyclic) bond motifs is 16. The average Bonchev–Trinajstić information content (AvgIpc) is 1.57. The van der Waals surface area contributed by atoms with Crippen molar-refractivity contribution in [1.82, 2.24) is 39.9 Å². The van der Waals surface area contributed by atoms with Gasteiger partial charge >= 0.3 is 0 Å². The second-order valence-corrected chi connectivity index (χ2v) is 28.1. The first-order valence-electron chi connectivity index (χ1n) is 36.1. The summed E-state index contributed by atoms with van der Waals surface area (Å²) in [6, 6.07) is 17.5. The number of hydrogen-bond donors (Lipinski definition) is 4. The molecule has 4 N–H and O–H groups in total. The van der Waals surface area contributed by atoms with Crippen molar-refractivity contribution >= 4 is 92.7 Å². The zero-order valence-electron chi connectivity index (χ0n) is 62.0. The highest BCUT2D eigenvalue weighted by Gasteiger charge is 2.39. The van der Waals surface area contributed by atoms with E-state index in [-0.39, 0.29) is 55.8 Å². The molecule has 6 aromatic heterocycles. The van der Waals surface area contributed by atoms with E-state index in [0.717, 1.165) is 85.0 Å². The highest BCUT2D eigenvalue weighted by atomic mass is 19.2. The highest BCUT2D eigenvalue weighted by molar-refractivity contribution is 6.04. The van der Waals surface area contributed by atoms with E-state index in [1.165, 1.54) is 48.5 Å². The van der Waals surface area contributed by atoms with E-state index in [1.54, 1.807) is 0 Å². The molecule has 4 aliphatic heterocycles. The van der Waals surface area contributed by atoms with E-state index in [1.807, 2.05) is 0 Å². The van der Waals surface area contributed by atoms with Gasteiger partial charge in [-0.15, -0.1) is 0 Å². The lowest BCUT2D eigenvalue weighted by Gasteiger charge is -2.11. The number of aromatic nitrogens is 8. The van der Waals surface area contributed by atoms with Gasteiger partial charge in [0, 0.05) is 99.8 Å². The molecule has 8 nitrogen and oxygen atoms in total. The van der Waals surface area contributed by atoms with Gasteiger partial charge in [-0.1, -0.05) is 36.1 Å². The Kier molecular flexibility index (Phi) is 20.0. The molecule has 0 saturated carbocycles. The summed E-state index contributed by atoms with van der Waals surface area (Å²) in [7, 11) is 0. The first kappa shape index (κ1) is 83.3. The van der Waals surface area contributed by atoms with E-state index in [0.29, 0.717) is 12.2 Å². The third-order valence-corrected chi connectivity index (χ3v) is 21.0. The Morgan fingerprint density at radius 2 is 0.266 bits per heavy atom. The fraction of sp³-hybridized carbons (Fsp3) is 0. The van der Waals surface area contributed by atoms with Gasteiger partial charge in [-0.05, 0) is 133 Å². The molecule has 18 rings (SSSR count). The number of hydrogen-bond acceptors (Lipinski definition) is 4. The maximum atomic E-state index is 16.4. The summed E-state index contributed by atoms with van der Waals surface area (Å²) in [5.74, 6) is -71.6. The topological polar surface area (TPSA) is 115 Å². The fourth-order valence-corrected chi connectivity index (χ4v) is 15.1. The van der Waals surface area contributed by atoms with Crippen LogP contribution in [-0.4, -0.2) is 39.9 Å². The zero-order valence-corrected chi connectivity index (χ0v) is 62.0. The van der Waals surface area contributed by atoms with Crippen molar-refractivity contribution in [2.45, 2.75) is 0 Å². The smallest absolute Gasteiger partial charge is 0.200 e. The van der Waals surface area contributed by atoms with Gasteiger partial charge in [-0.2, -0.15) is 0 Å². The van der Waals surface area contributed by atoms with Crippen LogP contribution in [0.25, 0.3) is 182 Å². The molecule has 0 aliphatic carbocycles. The van der Waals surface area contributed by atoms with Crippen molar-refractivity contribution in [1.29, 1.82) is 0 Å². The monoisotopic (exact) mass is 1790 g/mol. The molecular weight excluding hydrogens is 1770 g/mol. The number of nitrogens with one attached hydrogen (secondary N) is 4. The molecule has 8 aromatic carbocycles. The van der Waals surface area contributed by atoms with Gasteiger partial charge in [0.25, 0.3) is 0 Å². The van der Waals surface area contributed by atoms with Crippen molar-refractivity contribution < 1.29 is 132 Å². The predicted molar refractivity (Wildman–Crippen MR) is 406 cm³/mol. The van der Waals surface area contributed by atoms with Crippen LogP contribution in [0, 0.1) is 186 Å². The molecule has 638 valence electrons. The molecule has 4 aliphatic rings. The Bertz CT molecular complexity index is 7230. The molecule has 0 unspecified atom stereocenters. The molecule has 0 spiro atoms. The molecule has 14 aromatic rings. The van der Waals surface area contributed by atoms with Gasteiger partial charge in [0.1, 0.15) is 0 Å². The van der Waals surface area contributed by atoms with E-state index in [4.69, 9.17) is 0 Å². The Morgan fingerprint density at radius 1 is 0.141 bits per heavy atom. The number of rotatable bonds is 8. The van der Waals surface area contributed by atoms with E-state index >= 15 is 105 Å². The van der Waals surface area contributed by atoms with Crippen molar-refractivity contribution in [3.8, 4) is 101 Å². The van der Waals surface area contributed by atoms with Crippen LogP contribution in [0.2, 0.25) is 0 Å². The third kappa shape index (κ3) is 12.8. The van der Waals surface area contributed by atoms with Crippen molar-refractivity contribution in [3.63, 3.8) is 0 Å². The number of benzene rings is 8. The molecule has 0 radical (unpaired) electrons. The van der Waals surface area contributed by atoms with Crippen molar-refractivity contribution in [2.24, 2.45) is 0 Å². The number of aromatic amines is 4. The zero-order chi connectivity index (χ0) is 91.0. The molecular formula is C90H28F30N8. The minimum atomic E-state index is -2.71. The van der Waals surface area contributed by atoms with Crippen LogP contribution < -0.4 is 0 Å². The minimum Gasteiger partial charge on any atom is -0.354 e. The first-order valence-corrected chi connectivity index (χ1v) is 36.1. The number of H-pyrrole nitrogens is 4. The number of halogens is 30. The number of nitrogens with zero attached hydrogens (tertiary/aromatic N) is 4. The normalized spacial score (nSPS) is 12.3. The summed E-state index contributed by atoms with van der Waals surface area (Å²) in [4.78, 5) is 27.6. The van der Waals surface area contributed by atoms with E-state index < -0.39 is 309 Å². The highest BCUT2D eigenvalue weighted by Crippen LogP contribution is 2.49. The fourth-order valence-electron chi connectivity index (χ4n) is 15.1. The largest absolute Gasteiger partial charge is 0.354 e. The lowest BCUT2D eigenvalue weighted by Crippen LogP contribution is -2.06. The molecule has 10 heterocycles. The first-order chi connectivity index (χ1) is 61.0. The molecule has 128 heavy (non-hydrogen) atoms. The predicted octanol–water partition coefficient (Wildman–Crippen LogP) is 26.5. The van der Waals surface area contributed by atoms with Crippen LogP contribution in [0.15, 0.2) is 97.1 Å². The molecule has 0 fully saturated rings. The van der Waals surface area contributed by atoms with E-state index in [9.17, 15) is 26.3 Å². The van der Waals surface area contributed by atoms with Crippen LogP contribution in [0.3, 0.4) is 0 Å². The Morgan fingerprint density at radius 3 is 0.414 bits per heavy atom. The summed E-state index contributed by atoms with van der Waals surface area (Å²) in [6.07, 6.45) is 6.83. The van der Waals surface area contributed by atoms with Crippen LogP contribution >= 0.6 is 0 Å². The minimum absolute atomic E-state index is 0.0171. The van der Waals surface area contributed by atoms with Gasteiger partial charge in [-0.25, -0.2) is 152 Å². The summed E-state index contributed by atoms with van der Waals surface area (Å²) in [5, 5.41) is 0. The van der Waals surface area contributed by atoms with Crippen LogP contribution in [0.1, 0.15) is 56.7 Å². The van der Waals surface area contributed by atoms with Crippen LogP contribution in [-0.2, 0) is 0 Å². The molecule has 38 heteroatoms. The van der Waals surface area contributed by atoms with Gasteiger partial charge < -0.3 is 19.9 Å². The molecule has 0 amide bonds. The lowest BCUT2D eigenvalue weighted by molar-refractivity contribution is 0.381. The van der Waals surface area contributed by atoms with Gasteiger partial charge in [-0.3, -0.25) is 0 Å². The van der Waals surface area contributed by atoms with Gasteiger partial charge in [0.2, 0.25) is 34.9 Å². The van der Waals surface area contributed by atoms with Crippen LogP contribution in [0.4, 0.5) is 132 Å². The van der Waals surface area contributed by atoms with E-state index in [2.05, 4.69) is 51.7 Å². The molecule has 16 bridgehead atoms. The standard InChI is InChI=1S/C90H28F30N8/c91-61-55(62(92)74(104)85(115)73(61)103)49-35-15-11-31(121-35)47(32-12-16-36(122-32)50(56-63(93)75(105)86(116)76(106)64(56)94)40-20-24-44(126-40)53(43-23-19-39(49)125-43)59-69(99)81(111)89(119)82(112)70(59)100)29-7-3-27(4-8-29)1-2-28-5-9-30(10-6-28)48-33-13-17-37(123-33)51(57-65(95)77(107)87(117)78(108)66(57)96)41-21-25-45(127-41)54(60-71(101)83(113)90(120)84(114)72(60)102)46-26-22-42(128-46)52(38-18-14-34(48)124-38)58-67(97)79(109)88(118)80(110)68(58)98/h3-26,121,123,126,128H/i35+1,36+1,37+1,38+1. The summed E-state index contributed by atoms with van der Waals surface area (Å²) < 4.78 is 470. The second-order valence-electron chi connectivity index (χ2n) is 28.1. The van der Waals surface area contributed by atoms with Crippen molar-refractivity contribution in [2.75, 3.05) is 0 Å². The third-order valence-electron chi connectivity index (χ3n) is 21.0. The summed E-state index contributed by atoms with van der Waals surface area (Å²) in [6.45, 7) is 0. The Balaban J connectivity index is 0.830.